The third-order valence-corrected chi connectivity index (χ3v) is 3.63. The van der Waals surface area contributed by atoms with Crippen molar-refractivity contribution in [2.75, 3.05) is 6.54 Å². The van der Waals surface area contributed by atoms with Crippen LogP contribution in [0, 0.1) is 5.92 Å². The molecule has 1 aromatic carbocycles. The Bertz CT molecular complexity index is 403. The molecule has 0 amide bonds. The fourth-order valence-corrected chi connectivity index (χ4v) is 2.34. The Morgan fingerprint density at radius 3 is 2.50 bits per heavy atom. The van der Waals surface area contributed by atoms with Crippen molar-refractivity contribution in [3.05, 3.63) is 35.9 Å². The highest BCUT2D eigenvalue weighted by molar-refractivity contribution is 5.69. The smallest absolute Gasteiger partial charge is 0.306 e. The molecule has 3 nitrogen and oxygen atoms in total. The van der Waals surface area contributed by atoms with Gasteiger partial charge in [-0.3, -0.25) is 4.79 Å². The van der Waals surface area contributed by atoms with Gasteiger partial charge >= 0.3 is 5.97 Å². The Labute approximate surface area is 135 Å². The zero-order chi connectivity index (χ0) is 16.2. The Kier molecular flexibility index (Phi) is 9.56. The molecule has 0 bridgehead atoms. The summed E-state index contributed by atoms with van der Waals surface area (Å²) in [5.41, 5.74) is 1.30. The highest BCUT2D eigenvalue weighted by atomic mass is 16.5. The summed E-state index contributed by atoms with van der Waals surface area (Å²) in [6.07, 6.45) is 4.53. The predicted octanol–water partition coefficient (Wildman–Crippen LogP) is 4.31. The van der Waals surface area contributed by atoms with Crippen molar-refractivity contribution in [1.82, 2.24) is 5.32 Å². The van der Waals surface area contributed by atoms with E-state index < -0.39 is 0 Å². The van der Waals surface area contributed by atoms with Crippen LogP contribution in [0.2, 0.25) is 0 Å². The third-order valence-electron chi connectivity index (χ3n) is 3.63. The van der Waals surface area contributed by atoms with Crippen LogP contribution in [0.1, 0.15) is 58.4 Å². The zero-order valence-corrected chi connectivity index (χ0v) is 14.3. The number of carbonyl (C=O) groups excluding carboxylic acids is 1. The number of benzene rings is 1. The van der Waals surface area contributed by atoms with Gasteiger partial charge in [-0.05, 0) is 44.2 Å². The molecule has 0 aliphatic heterocycles. The van der Waals surface area contributed by atoms with Crippen LogP contribution in [0.15, 0.2) is 30.3 Å². The molecule has 0 spiro atoms. The number of hydrogen-bond acceptors (Lipinski definition) is 3. The molecule has 22 heavy (non-hydrogen) atoms. The first-order valence-electron chi connectivity index (χ1n) is 8.52. The lowest BCUT2D eigenvalue weighted by Gasteiger charge is -2.13. The molecule has 0 fully saturated rings. The zero-order valence-electron chi connectivity index (χ0n) is 14.3. The molecule has 0 heterocycles. The van der Waals surface area contributed by atoms with Gasteiger partial charge in [-0.2, -0.15) is 0 Å². The molecule has 0 saturated carbocycles. The molecule has 0 aliphatic rings. The topological polar surface area (TPSA) is 38.3 Å². The second-order valence-corrected chi connectivity index (χ2v) is 6.39. The minimum Gasteiger partial charge on any atom is -0.463 e. The average molecular weight is 305 g/mol. The second kappa shape index (κ2) is 11.2. The number of esters is 1. The SMILES string of the molecule is CC(C)CCCC(=O)OC(C)CCCNCc1ccccc1. The van der Waals surface area contributed by atoms with E-state index >= 15 is 0 Å². The van der Waals surface area contributed by atoms with E-state index in [1.807, 2.05) is 13.0 Å². The summed E-state index contributed by atoms with van der Waals surface area (Å²) in [6.45, 7) is 8.18. The van der Waals surface area contributed by atoms with E-state index in [2.05, 4.69) is 43.4 Å². The van der Waals surface area contributed by atoms with E-state index in [4.69, 9.17) is 4.74 Å². The van der Waals surface area contributed by atoms with Gasteiger partial charge < -0.3 is 10.1 Å². The molecule has 1 rings (SSSR count). The van der Waals surface area contributed by atoms with Crippen molar-refractivity contribution in [2.45, 2.75) is 65.5 Å². The largest absolute Gasteiger partial charge is 0.463 e. The van der Waals surface area contributed by atoms with Crippen LogP contribution < -0.4 is 5.32 Å². The van der Waals surface area contributed by atoms with Gasteiger partial charge in [0, 0.05) is 13.0 Å². The number of rotatable bonds is 11. The molecule has 1 N–H and O–H groups in total. The maximum absolute atomic E-state index is 11.7. The summed E-state index contributed by atoms with van der Waals surface area (Å²) >= 11 is 0. The van der Waals surface area contributed by atoms with Crippen molar-refractivity contribution >= 4 is 5.97 Å². The van der Waals surface area contributed by atoms with Crippen molar-refractivity contribution in [3.63, 3.8) is 0 Å². The first-order valence-corrected chi connectivity index (χ1v) is 8.52. The van der Waals surface area contributed by atoms with Gasteiger partial charge in [-0.25, -0.2) is 0 Å². The summed E-state index contributed by atoms with van der Waals surface area (Å²) in [5, 5.41) is 3.42. The van der Waals surface area contributed by atoms with Gasteiger partial charge in [-0.15, -0.1) is 0 Å². The van der Waals surface area contributed by atoms with Gasteiger partial charge in [0.05, 0.1) is 6.10 Å². The summed E-state index contributed by atoms with van der Waals surface area (Å²) < 4.78 is 5.43. The van der Waals surface area contributed by atoms with Gasteiger partial charge in [0.25, 0.3) is 0 Å². The summed E-state index contributed by atoms with van der Waals surface area (Å²) in [5.74, 6) is 0.603. The monoisotopic (exact) mass is 305 g/mol. The maximum Gasteiger partial charge on any atom is 0.306 e. The van der Waals surface area contributed by atoms with Gasteiger partial charge in [0.15, 0.2) is 0 Å². The standard InChI is InChI=1S/C19H31NO2/c1-16(2)9-7-13-19(21)22-17(3)10-8-14-20-15-18-11-5-4-6-12-18/h4-6,11-12,16-17,20H,7-10,13-15H2,1-3H3. The van der Waals surface area contributed by atoms with Crippen molar-refractivity contribution in [3.8, 4) is 0 Å². The van der Waals surface area contributed by atoms with Crippen molar-refractivity contribution < 1.29 is 9.53 Å². The Balaban J connectivity index is 2.01. The number of ether oxygens (including phenoxy) is 1. The number of nitrogens with one attached hydrogen (secondary N) is 1. The van der Waals surface area contributed by atoms with Crippen LogP contribution in [-0.2, 0) is 16.1 Å². The molecule has 0 aromatic heterocycles. The van der Waals surface area contributed by atoms with Gasteiger partial charge in [-0.1, -0.05) is 50.6 Å². The first kappa shape index (κ1) is 18.7. The normalized spacial score (nSPS) is 12.4. The second-order valence-electron chi connectivity index (χ2n) is 6.39. The molecule has 0 aliphatic carbocycles. The van der Waals surface area contributed by atoms with Crippen LogP contribution in [0.3, 0.4) is 0 Å². The van der Waals surface area contributed by atoms with Crippen LogP contribution >= 0.6 is 0 Å². The highest BCUT2D eigenvalue weighted by Gasteiger charge is 2.09. The Morgan fingerprint density at radius 2 is 1.82 bits per heavy atom. The van der Waals surface area contributed by atoms with Gasteiger partial charge in [0.2, 0.25) is 0 Å². The van der Waals surface area contributed by atoms with E-state index in [0.717, 1.165) is 38.8 Å². The molecule has 1 unspecified atom stereocenters. The fraction of sp³-hybridized carbons (Fsp3) is 0.632. The van der Waals surface area contributed by atoms with E-state index in [1.165, 1.54) is 5.56 Å². The summed E-state index contributed by atoms with van der Waals surface area (Å²) in [4.78, 5) is 11.7. The lowest BCUT2D eigenvalue weighted by molar-refractivity contribution is -0.148. The van der Waals surface area contributed by atoms with Crippen LogP contribution in [0.5, 0.6) is 0 Å². The third kappa shape index (κ3) is 9.56. The molecule has 0 radical (unpaired) electrons. The minimum absolute atomic E-state index is 0.0186. The molecule has 0 saturated heterocycles. The average Bonchev–Trinajstić information content (AvgIpc) is 2.47. The minimum atomic E-state index is -0.0506. The van der Waals surface area contributed by atoms with E-state index in [9.17, 15) is 4.79 Å². The lowest BCUT2D eigenvalue weighted by Crippen LogP contribution is -2.19. The first-order chi connectivity index (χ1) is 10.6. The van der Waals surface area contributed by atoms with E-state index in [-0.39, 0.29) is 12.1 Å². The van der Waals surface area contributed by atoms with E-state index in [0.29, 0.717) is 12.3 Å². The quantitative estimate of drug-likeness (QED) is 0.489. The summed E-state index contributed by atoms with van der Waals surface area (Å²) in [7, 11) is 0. The van der Waals surface area contributed by atoms with Gasteiger partial charge in [0.1, 0.15) is 0 Å². The maximum atomic E-state index is 11.7. The lowest BCUT2D eigenvalue weighted by atomic mass is 10.1. The van der Waals surface area contributed by atoms with Crippen LogP contribution in [0.25, 0.3) is 0 Å². The fourth-order valence-electron chi connectivity index (χ4n) is 2.34. The molecule has 124 valence electrons. The molecule has 1 atom stereocenters. The van der Waals surface area contributed by atoms with Crippen LogP contribution in [0.4, 0.5) is 0 Å². The molecular formula is C19H31NO2. The number of carbonyl (C=O) groups is 1. The van der Waals surface area contributed by atoms with E-state index in [1.54, 1.807) is 0 Å². The number of hydrogen-bond donors (Lipinski definition) is 1. The highest BCUT2D eigenvalue weighted by Crippen LogP contribution is 2.09. The molecule has 1 aromatic rings. The summed E-state index contributed by atoms with van der Waals surface area (Å²) in [6, 6.07) is 10.4. The Morgan fingerprint density at radius 1 is 1.09 bits per heavy atom. The van der Waals surface area contributed by atoms with Crippen LogP contribution in [-0.4, -0.2) is 18.6 Å². The molecular weight excluding hydrogens is 274 g/mol. The molecule has 3 heteroatoms. The van der Waals surface area contributed by atoms with Crippen molar-refractivity contribution in [1.29, 1.82) is 0 Å². The predicted molar refractivity (Wildman–Crippen MR) is 91.6 cm³/mol. The van der Waals surface area contributed by atoms with Crippen molar-refractivity contribution in [2.24, 2.45) is 5.92 Å². The Hall–Kier alpha value is -1.35.